The molecule has 2 fully saturated rings. The number of halogens is 1. The normalized spacial score (nSPS) is 21.4. The van der Waals surface area contributed by atoms with Crippen molar-refractivity contribution in [3.63, 3.8) is 0 Å². The monoisotopic (exact) mass is 300 g/mol. The van der Waals surface area contributed by atoms with Gasteiger partial charge in [-0.25, -0.2) is 0 Å². The van der Waals surface area contributed by atoms with Crippen LogP contribution in [0.4, 0.5) is 10.1 Å². The van der Waals surface area contributed by atoms with Crippen LogP contribution in [0.5, 0.6) is 0 Å². The number of anilines is 1. The van der Waals surface area contributed by atoms with Crippen molar-refractivity contribution in [2.75, 3.05) is 11.9 Å². The van der Waals surface area contributed by atoms with E-state index in [1.54, 1.807) is 12.1 Å². The largest absolute Gasteiger partial charge is 0.360 e. The highest BCUT2D eigenvalue weighted by Gasteiger charge is 2.17. The van der Waals surface area contributed by atoms with Gasteiger partial charge in [0.15, 0.2) is 0 Å². The first-order valence-electron chi connectivity index (χ1n) is 8.00. The maximum absolute atomic E-state index is 13.6. The maximum atomic E-state index is 13.6. The summed E-state index contributed by atoms with van der Waals surface area (Å²) in [7, 11) is 0. The van der Waals surface area contributed by atoms with E-state index >= 15 is 0 Å². The molecular formula is C18H21FN2O. The van der Waals surface area contributed by atoms with Crippen molar-refractivity contribution in [2.24, 2.45) is 5.92 Å². The average Bonchev–Trinajstić information content (AvgIpc) is 2.48. The van der Waals surface area contributed by atoms with Crippen LogP contribution in [-0.2, 0) is 4.74 Å². The van der Waals surface area contributed by atoms with Crippen LogP contribution in [0, 0.1) is 23.2 Å². The lowest BCUT2D eigenvalue weighted by Crippen LogP contribution is -2.27. The fourth-order valence-corrected chi connectivity index (χ4v) is 2.70. The van der Waals surface area contributed by atoms with Crippen molar-refractivity contribution >= 4 is 11.7 Å². The molecule has 2 aliphatic rings. The van der Waals surface area contributed by atoms with Crippen molar-refractivity contribution in [1.82, 2.24) is 0 Å². The summed E-state index contributed by atoms with van der Waals surface area (Å²) in [6.07, 6.45) is 6.56. The SMILES string of the molecule is N=C(F)c1cc(C#CC2CCC2)ccc1NC1CCCCO1. The molecule has 1 heterocycles. The van der Waals surface area contributed by atoms with Gasteiger partial charge in [-0.2, -0.15) is 4.39 Å². The highest BCUT2D eigenvalue weighted by molar-refractivity contribution is 5.97. The van der Waals surface area contributed by atoms with Crippen LogP contribution in [0.15, 0.2) is 18.2 Å². The van der Waals surface area contributed by atoms with Gasteiger partial charge < -0.3 is 10.1 Å². The molecule has 1 unspecified atom stereocenters. The fraction of sp³-hybridized carbons (Fsp3) is 0.500. The van der Waals surface area contributed by atoms with E-state index in [4.69, 9.17) is 10.1 Å². The molecular weight excluding hydrogens is 279 g/mol. The van der Waals surface area contributed by atoms with Crippen LogP contribution in [-0.4, -0.2) is 18.8 Å². The summed E-state index contributed by atoms with van der Waals surface area (Å²) >= 11 is 0. The van der Waals surface area contributed by atoms with E-state index in [1.165, 1.54) is 6.42 Å². The molecule has 1 atom stereocenters. The highest BCUT2D eigenvalue weighted by atomic mass is 19.1. The lowest BCUT2D eigenvalue weighted by atomic mass is 9.86. The molecule has 1 aromatic rings. The minimum atomic E-state index is -0.939. The number of hydrogen-bond acceptors (Lipinski definition) is 3. The number of rotatable bonds is 3. The van der Waals surface area contributed by atoms with Gasteiger partial charge in [0.25, 0.3) is 0 Å². The van der Waals surface area contributed by atoms with E-state index in [-0.39, 0.29) is 11.8 Å². The van der Waals surface area contributed by atoms with E-state index in [0.717, 1.165) is 44.3 Å². The summed E-state index contributed by atoms with van der Waals surface area (Å²) in [6.45, 7) is 0.727. The minimum absolute atomic E-state index is 0.0984. The van der Waals surface area contributed by atoms with Gasteiger partial charge in [-0.1, -0.05) is 18.3 Å². The Balaban J connectivity index is 1.76. The quantitative estimate of drug-likeness (QED) is 0.653. The van der Waals surface area contributed by atoms with E-state index in [9.17, 15) is 4.39 Å². The molecule has 0 radical (unpaired) electrons. The third-order valence-electron chi connectivity index (χ3n) is 4.28. The molecule has 0 spiro atoms. The second-order valence-corrected chi connectivity index (χ2v) is 5.97. The summed E-state index contributed by atoms with van der Waals surface area (Å²) in [6, 6.07) is 5.33. The van der Waals surface area contributed by atoms with E-state index in [0.29, 0.717) is 11.6 Å². The Morgan fingerprint density at radius 3 is 2.73 bits per heavy atom. The lowest BCUT2D eigenvalue weighted by Gasteiger charge is -2.25. The first-order chi connectivity index (χ1) is 10.7. The molecule has 116 valence electrons. The summed E-state index contributed by atoms with van der Waals surface area (Å²) in [5, 5.41) is 10.6. The first kappa shape index (κ1) is 15.1. The molecule has 1 saturated carbocycles. The molecule has 0 amide bonds. The third-order valence-corrected chi connectivity index (χ3v) is 4.28. The Hall–Kier alpha value is -1.86. The Kier molecular flexibility index (Phi) is 4.74. The van der Waals surface area contributed by atoms with Gasteiger partial charge in [0.1, 0.15) is 6.23 Å². The number of hydrogen-bond donors (Lipinski definition) is 2. The van der Waals surface area contributed by atoms with E-state index in [2.05, 4.69) is 17.2 Å². The zero-order valence-electron chi connectivity index (χ0n) is 12.6. The Morgan fingerprint density at radius 2 is 2.09 bits per heavy atom. The van der Waals surface area contributed by atoms with Crippen LogP contribution >= 0.6 is 0 Å². The Morgan fingerprint density at radius 1 is 1.23 bits per heavy atom. The van der Waals surface area contributed by atoms with Crippen molar-refractivity contribution in [3.8, 4) is 11.8 Å². The van der Waals surface area contributed by atoms with Gasteiger partial charge in [0.2, 0.25) is 5.97 Å². The van der Waals surface area contributed by atoms with Crippen LogP contribution < -0.4 is 5.32 Å². The van der Waals surface area contributed by atoms with Gasteiger partial charge in [-0.3, -0.25) is 5.41 Å². The molecule has 1 aliphatic heterocycles. The summed E-state index contributed by atoms with van der Waals surface area (Å²) < 4.78 is 19.2. The van der Waals surface area contributed by atoms with Gasteiger partial charge in [0, 0.05) is 23.8 Å². The van der Waals surface area contributed by atoms with Gasteiger partial charge in [-0.05, 0) is 50.3 Å². The van der Waals surface area contributed by atoms with E-state index < -0.39 is 5.97 Å². The molecule has 1 aliphatic carbocycles. The predicted octanol–water partition coefficient (Wildman–Crippen LogP) is 4.07. The summed E-state index contributed by atoms with van der Waals surface area (Å²) in [5.41, 5.74) is 1.63. The van der Waals surface area contributed by atoms with Gasteiger partial charge in [-0.15, -0.1) is 0 Å². The van der Waals surface area contributed by atoms with Crippen molar-refractivity contribution in [3.05, 3.63) is 29.3 Å². The van der Waals surface area contributed by atoms with Crippen LogP contribution in [0.3, 0.4) is 0 Å². The number of ether oxygens (including phenoxy) is 1. The topological polar surface area (TPSA) is 45.1 Å². The van der Waals surface area contributed by atoms with Crippen molar-refractivity contribution < 1.29 is 9.13 Å². The maximum Gasteiger partial charge on any atom is 0.214 e. The first-order valence-corrected chi connectivity index (χ1v) is 8.00. The Labute approximate surface area is 130 Å². The van der Waals surface area contributed by atoms with Crippen LogP contribution in [0.1, 0.15) is 49.7 Å². The van der Waals surface area contributed by atoms with Crippen LogP contribution in [0.2, 0.25) is 0 Å². The molecule has 3 rings (SSSR count). The zero-order valence-corrected chi connectivity index (χ0v) is 12.6. The fourth-order valence-electron chi connectivity index (χ4n) is 2.70. The lowest BCUT2D eigenvalue weighted by molar-refractivity contribution is 0.0343. The smallest absolute Gasteiger partial charge is 0.214 e. The molecule has 1 aromatic carbocycles. The van der Waals surface area contributed by atoms with Crippen molar-refractivity contribution in [2.45, 2.75) is 44.8 Å². The summed E-state index contributed by atoms with van der Waals surface area (Å²) in [4.78, 5) is 0. The van der Waals surface area contributed by atoms with Gasteiger partial charge in [0.05, 0.1) is 5.56 Å². The minimum Gasteiger partial charge on any atom is -0.360 e. The molecule has 4 heteroatoms. The van der Waals surface area contributed by atoms with E-state index in [1.807, 2.05) is 6.07 Å². The van der Waals surface area contributed by atoms with Crippen molar-refractivity contribution in [1.29, 1.82) is 5.41 Å². The highest BCUT2D eigenvalue weighted by Crippen LogP contribution is 2.26. The van der Waals surface area contributed by atoms with Gasteiger partial charge >= 0.3 is 0 Å². The molecule has 0 aromatic heterocycles. The zero-order chi connectivity index (χ0) is 15.4. The molecule has 22 heavy (non-hydrogen) atoms. The molecule has 3 nitrogen and oxygen atoms in total. The third kappa shape index (κ3) is 3.66. The Bertz CT molecular complexity index is 607. The molecule has 1 saturated heterocycles. The average molecular weight is 300 g/mol. The van der Waals surface area contributed by atoms with Crippen LogP contribution in [0.25, 0.3) is 0 Å². The second-order valence-electron chi connectivity index (χ2n) is 5.97. The molecule has 2 N–H and O–H groups in total. The second kappa shape index (κ2) is 6.93. The number of benzene rings is 1. The molecule has 0 bridgehead atoms. The summed E-state index contributed by atoms with van der Waals surface area (Å²) in [5.74, 6) is 5.86. The standard InChI is InChI=1S/C18H21FN2O/c19-18(20)15-12-14(8-7-13-4-3-5-13)9-10-16(15)21-17-6-1-2-11-22-17/h9-10,12-13,17,20-21H,1-6,11H2. The number of nitrogens with one attached hydrogen (secondary N) is 2. The predicted molar refractivity (Wildman–Crippen MR) is 85.8 cm³/mol.